The molecule has 1 rings (SSSR count). The Morgan fingerprint density at radius 2 is 2.20 bits per heavy atom. The number of carbonyl (C=O) groups excluding carboxylic acids is 1. The molecule has 0 radical (unpaired) electrons. The molecule has 0 unspecified atom stereocenters. The maximum atomic E-state index is 11.2. The van der Waals surface area contributed by atoms with Gasteiger partial charge in [0, 0.05) is 19.8 Å². The molecule has 0 saturated heterocycles. The van der Waals surface area contributed by atoms with Crippen LogP contribution in [0.5, 0.6) is 5.75 Å². The van der Waals surface area contributed by atoms with E-state index in [2.05, 4.69) is 4.98 Å². The molecule has 0 aromatic carbocycles. The third-order valence-corrected chi connectivity index (χ3v) is 1.88. The van der Waals surface area contributed by atoms with E-state index in [0.29, 0.717) is 11.6 Å². The predicted molar refractivity (Wildman–Crippen MR) is 57.6 cm³/mol. The second-order valence-corrected chi connectivity index (χ2v) is 3.41. The van der Waals surface area contributed by atoms with Crippen molar-refractivity contribution in [3.05, 3.63) is 17.8 Å². The summed E-state index contributed by atoms with van der Waals surface area (Å²) in [4.78, 5) is 16.7. The minimum atomic E-state index is -0.116. The number of likely N-dealkylation sites (N-methyl/N-ethyl adjacent to an activating group) is 1. The maximum Gasteiger partial charge on any atom is 0.259 e. The van der Waals surface area contributed by atoms with Crippen LogP contribution in [-0.2, 0) is 4.79 Å². The fourth-order valence-corrected chi connectivity index (χ4v) is 0.955. The monoisotopic (exact) mass is 209 g/mol. The van der Waals surface area contributed by atoms with Crippen LogP contribution >= 0.6 is 0 Å². The fraction of sp³-hybridized carbons (Fsp3) is 0.400. The number of nitrogens with zero attached hydrogens (tertiary/aromatic N) is 2. The first-order chi connectivity index (χ1) is 7.00. The Kier molecular flexibility index (Phi) is 3.49. The van der Waals surface area contributed by atoms with Gasteiger partial charge in [-0.3, -0.25) is 4.79 Å². The third-order valence-electron chi connectivity index (χ3n) is 1.88. The molecular formula is C10H15N3O2. The first kappa shape index (κ1) is 11.3. The molecule has 5 nitrogen and oxygen atoms in total. The highest BCUT2D eigenvalue weighted by Gasteiger charge is 2.07. The Hall–Kier alpha value is -1.78. The van der Waals surface area contributed by atoms with Crippen molar-refractivity contribution in [1.82, 2.24) is 9.88 Å². The van der Waals surface area contributed by atoms with E-state index in [1.165, 1.54) is 4.90 Å². The number of nitrogen functional groups attached to an aromatic ring is 1. The van der Waals surface area contributed by atoms with Gasteiger partial charge in [-0.1, -0.05) is 0 Å². The van der Waals surface area contributed by atoms with Crippen LogP contribution in [0.1, 0.15) is 5.69 Å². The number of rotatable bonds is 3. The Morgan fingerprint density at radius 3 is 2.73 bits per heavy atom. The number of nitrogens with two attached hydrogens (primary N) is 1. The summed E-state index contributed by atoms with van der Waals surface area (Å²) in [6.07, 6.45) is 0. The molecule has 0 spiro atoms. The lowest BCUT2D eigenvalue weighted by Crippen LogP contribution is -2.27. The van der Waals surface area contributed by atoms with Gasteiger partial charge in [-0.2, -0.15) is 0 Å². The molecule has 0 fully saturated rings. The van der Waals surface area contributed by atoms with Crippen LogP contribution in [0.4, 0.5) is 5.82 Å². The minimum Gasteiger partial charge on any atom is -0.480 e. The van der Waals surface area contributed by atoms with Crippen molar-refractivity contribution >= 4 is 11.7 Å². The quantitative estimate of drug-likeness (QED) is 0.784. The number of anilines is 1. The topological polar surface area (TPSA) is 68.5 Å². The van der Waals surface area contributed by atoms with E-state index in [1.54, 1.807) is 26.2 Å². The molecule has 0 aliphatic heterocycles. The summed E-state index contributed by atoms with van der Waals surface area (Å²) in [6.45, 7) is 1.81. The third kappa shape index (κ3) is 3.12. The Balaban J connectivity index is 2.62. The van der Waals surface area contributed by atoms with Crippen LogP contribution in [0.15, 0.2) is 12.1 Å². The van der Waals surface area contributed by atoms with E-state index < -0.39 is 0 Å². The molecule has 0 saturated carbocycles. The molecule has 1 amide bonds. The van der Waals surface area contributed by atoms with Crippen molar-refractivity contribution in [3.8, 4) is 5.75 Å². The Morgan fingerprint density at radius 1 is 1.53 bits per heavy atom. The second kappa shape index (κ2) is 4.63. The highest BCUT2D eigenvalue weighted by molar-refractivity contribution is 5.77. The number of pyridine rings is 1. The van der Waals surface area contributed by atoms with Crippen LogP contribution in [0, 0.1) is 6.92 Å². The molecule has 1 heterocycles. The molecule has 0 aliphatic rings. The van der Waals surface area contributed by atoms with Gasteiger partial charge in [-0.25, -0.2) is 4.98 Å². The zero-order valence-corrected chi connectivity index (χ0v) is 9.15. The Labute approximate surface area is 88.9 Å². The van der Waals surface area contributed by atoms with Crippen molar-refractivity contribution in [2.24, 2.45) is 0 Å². The maximum absolute atomic E-state index is 11.2. The number of amides is 1. The van der Waals surface area contributed by atoms with Crippen molar-refractivity contribution in [2.45, 2.75) is 6.92 Å². The van der Waals surface area contributed by atoms with Crippen molar-refractivity contribution in [2.75, 3.05) is 26.4 Å². The molecular weight excluding hydrogens is 194 g/mol. The fourth-order valence-electron chi connectivity index (χ4n) is 0.955. The number of carbonyl (C=O) groups is 1. The lowest BCUT2D eigenvalue weighted by atomic mass is 10.3. The standard InChI is InChI=1S/C10H15N3O2/c1-7-4-5-8(10(11)12-7)15-6-9(14)13(2)3/h4-5H,6H2,1-3H3,(H2,11,12). The van der Waals surface area contributed by atoms with E-state index in [-0.39, 0.29) is 12.5 Å². The smallest absolute Gasteiger partial charge is 0.259 e. The Bertz CT molecular complexity index is 364. The number of hydrogen-bond donors (Lipinski definition) is 1. The van der Waals surface area contributed by atoms with E-state index in [0.717, 1.165) is 5.69 Å². The molecule has 1 aromatic rings. The summed E-state index contributed by atoms with van der Waals surface area (Å²) in [5.74, 6) is 0.632. The first-order valence-corrected chi connectivity index (χ1v) is 4.57. The average Bonchev–Trinajstić information content (AvgIpc) is 2.15. The van der Waals surface area contributed by atoms with E-state index in [4.69, 9.17) is 10.5 Å². The number of ether oxygens (including phenoxy) is 1. The van der Waals surface area contributed by atoms with Gasteiger partial charge in [0.2, 0.25) is 0 Å². The van der Waals surface area contributed by atoms with Crippen molar-refractivity contribution in [1.29, 1.82) is 0 Å². The van der Waals surface area contributed by atoms with E-state index >= 15 is 0 Å². The molecule has 82 valence electrons. The van der Waals surface area contributed by atoms with Gasteiger partial charge in [0.05, 0.1) is 0 Å². The molecule has 2 N–H and O–H groups in total. The number of aromatic nitrogens is 1. The van der Waals surface area contributed by atoms with Gasteiger partial charge in [0.25, 0.3) is 5.91 Å². The molecule has 15 heavy (non-hydrogen) atoms. The molecule has 1 aromatic heterocycles. The van der Waals surface area contributed by atoms with E-state index in [1.807, 2.05) is 6.92 Å². The second-order valence-electron chi connectivity index (χ2n) is 3.41. The van der Waals surface area contributed by atoms with Crippen LogP contribution in [0.3, 0.4) is 0 Å². The van der Waals surface area contributed by atoms with Crippen LogP contribution in [-0.4, -0.2) is 36.5 Å². The number of aryl methyl sites for hydroxylation is 1. The first-order valence-electron chi connectivity index (χ1n) is 4.57. The summed E-state index contributed by atoms with van der Waals surface area (Å²) in [5.41, 5.74) is 6.44. The number of hydrogen-bond acceptors (Lipinski definition) is 4. The highest BCUT2D eigenvalue weighted by atomic mass is 16.5. The van der Waals surface area contributed by atoms with Gasteiger partial charge in [0.1, 0.15) is 0 Å². The zero-order chi connectivity index (χ0) is 11.4. The van der Waals surface area contributed by atoms with Gasteiger partial charge >= 0.3 is 0 Å². The zero-order valence-electron chi connectivity index (χ0n) is 9.15. The minimum absolute atomic E-state index is 0.0259. The van der Waals surface area contributed by atoms with Crippen LogP contribution in [0.25, 0.3) is 0 Å². The lowest BCUT2D eigenvalue weighted by Gasteiger charge is -2.12. The van der Waals surface area contributed by atoms with Crippen molar-refractivity contribution in [3.63, 3.8) is 0 Å². The summed E-state index contributed by atoms with van der Waals surface area (Å²) in [5, 5.41) is 0. The van der Waals surface area contributed by atoms with Gasteiger partial charge in [-0.05, 0) is 19.1 Å². The summed E-state index contributed by atoms with van der Waals surface area (Å²) >= 11 is 0. The van der Waals surface area contributed by atoms with E-state index in [9.17, 15) is 4.79 Å². The lowest BCUT2D eigenvalue weighted by molar-refractivity contribution is -0.130. The largest absolute Gasteiger partial charge is 0.480 e. The highest BCUT2D eigenvalue weighted by Crippen LogP contribution is 2.18. The summed E-state index contributed by atoms with van der Waals surface area (Å²) in [7, 11) is 3.34. The summed E-state index contributed by atoms with van der Waals surface area (Å²) < 4.78 is 5.24. The molecule has 5 heteroatoms. The molecule has 0 atom stereocenters. The summed E-state index contributed by atoms with van der Waals surface area (Å²) in [6, 6.07) is 3.49. The van der Waals surface area contributed by atoms with Gasteiger partial charge in [-0.15, -0.1) is 0 Å². The predicted octanol–water partition coefficient (Wildman–Crippen LogP) is 0.439. The normalized spacial score (nSPS) is 9.80. The van der Waals surface area contributed by atoms with Gasteiger partial charge in [0.15, 0.2) is 18.2 Å². The molecule has 0 bridgehead atoms. The molecule has 0 aliphatic carbocycles. The van der Waals surface area contributed by atoms with Crippen LogP contribution < -0.4 is 10.5 Å². The van der Waals surface area contributed by atoms with Gasteiger partial charge < -0.3 is 15.4 Å². The van der Waals surface area contributed by atoms with Crippen molar-refractivity contribution < 1.29 is 9.53 Å². The van der Waals surface area contributed by atoms with Crippen LogP contribution in [0.2, 0.25) is 0 Å². The average molecular weight is 209 g/mol. The SMILES string of the molecule is Cc1ccc(OCC(=O)N(C)C)c(N)n1.